The lowest BCUT2D eigenvalue weighted by molar-refractivity contribution is -0.0579. The first-order valence-electron chi connectivity index (χ1n) is 12.3. The van der Waals surface area contributed by atoms with Crippen molar-refractivity contribution in [3.05, 3.63) is 40.6 Å². The quantitative estimate of drug-likeness (QED) is 0.543. The number of halogens is 3. The number of aryl methyl sites for hydroxylation is 1. The molecule has 2 aliphatic heterocycles. The van der Waals surface area contributed by atoms with Crippen LogP contribution in [-0.4, -0.2) is 58.9 Å². The van der Waals surface area contributed by atoms with Gasteiger partial charge in [-0.25, -0.2) is 18.2 Å². The van der Waals surface area contributed by atoms with Crippen molar-refractivity contribution in [2.24, 2.45) is 13.0 Å². The van der Waals surface area contributed by atoms with E-state index in [1.54, 1.807) is 25.2 Å². The van der Waals surface area contributed by atoms with Crippen LogP contribution >= 0.6 is 0 Å². The molecule has 3 aromatic rings. The summed E-state index contributed by atoms with van der Waals surface area (Å²) in [5.74, 6) is -3.76. The summed E-state index contributed by atoms with van der Waals surface area (Å²) in [5, 5.41) is 6.44. The average molecular weight is 517 g/mol. The van der Waals surface area contributed by atoms with Gasteiger partial charge >= 0.3 is 5.92 Å². The second-order valence-corrected chi connectivity index (χ2v) is 9.93. The van der Waals surface area contributed by atoms with E-state index >= 15 is 0 Å². The molecule has 4 heterocycles. The lowest BCUT2D eigenvalue weighted by atomic mass is 10.0. The van der Waals surface area contributed by atoms with Crippen LogP contribution in [0.2, 0.25) is 0 Å². The van der Waals surface area contributed by atoms with Crippen LogP contribution in [0.4, 0.5) is 36.3 Å². The molecule has 9 nitrogen and oxygen atoms in total. The van der Waals surface area contributed by atoms with E-state index < -0.39 is 29.9 Å². The molecule has 1 saturated heterocycles. The first kappa shape index (κ1) is 23.8. The zero-order valence-electron chi connectivity index (χ0n) is 20.4. The van der Waals surface area contributed by atoms with Crippen LogP contribution in [0.5, 0.6) is 5.75 Å². The van der Waals surface area contributed by atoms with Crippen LogP contribution < -0.4 is 25.8 Å². The van der Waals surface area contributed by atoms with Crippen molar-refractivity contribution in [1.82, 2.24) is 14.5 Å². The molecule has 2 aromatic heterocycles. The number of hydrogen-bond donors (Lipinski definition) is 2. The highest BCUT2D eigenvalue weighted by Gasteiger charge is 2.51. The fourth-order valence-electron chi connectivity index (χ4n) is 5.02. The van der Waals surface area contributed by atoms with E-state index in [0.717, 1.165) is 6.20 Å². The Morgan fingerprint density at radius 3 is 2.84 bits per heavy atom. The SMILES string of the molecule is C[C@H]1CN(c2ncc(F)c(Nc3ccc4c(c3)c3c(c(=O)n4C)OCC(F)(F)[C@H](C4CC4)N3)n2)CCO1. The van der Waals surface area contributed by atoms with E-state index in [2.05, 4.69) is 20.6 Å². The van der Waals surface area contributed by atoms with Crippen LogP contribution in [0, 0.1) is 11.7 Å². The molecule has 37 heavy (non-hydrogen) atoms. The minimum atomic E-state index is -3.13. The number of hydrogen-bond acceptors (Lipinski definition) is 8. The second kappa shape index (κ2) is 8.79. The molecule has 0 radical (unpaired) electrons. The van der Waals surface area contributed by atoms with Crippen LogP contribution in [0.15, 0.2) is 29.2 Å². The largest absolute Gasteiger partial charge is 0.480 e. The van der Waals surface area contributed by atoms with Crippen molar-refractivity contribution in [1.29, 1.82) is 0 Å². The molecule has 1 aromatic carbocycles. The maximum atomic E-state index is 14.9. The molecule has 196 valence electrons. The van der Waals surface area contributed by atoms with Gasteiger partial charge in [-0.15, -0.1) is 0 Å². The Labute approximate surface area is 210 Å². The van der Waals surface area contributed by atoms with Crippen LogP contribution in [-0.2, 0) is 11.8 Å². The average Bonchev–Trinajstić information content (AvgIpc) is 3.71. The van der Waals surface area contributed by atoms with Gasteiger partial charge in [0.25, 0.3) is 5.56 Å². The van der Waals surface area contributed by atoms with Gasteiger partial charge in [0.15, 0.2) is 18.2 Å². The highest BCUT2D eigenvalue weighted by atomic mass is 19.3. The maximum absolute atomic E-state index is 14.9. The highest BCUT2D eigenvalue weighted by molar-refractivity contribution is 5.97. The Morgan fingerprint density at radius 2 is 2.08 bits per heavy atom. The van der Waals surface area contributed by atoms with Crippen molar-refractivity contribution in [2.45, 2.75) is 37.8 Å². The molecule has 2 fully saturated rings. The fourth-order valence-corrected chi connectivity index (χ4v) is 5.02. The van der Waals surface area contributed by atoms with Gasteiger partial charge in [0.2, 0.25) is 11.7 Å². The Morgan fingerprint density at radius 1 is 1.27 bits per heavy atom. The number of rotatable bonds is 4. The van der Waals surface area contributed by atoms with Gasteiger partial charge in [-0.3, -0.25) is 4.79 Å². The molecule has 2 atom stereocenters. The van der Waals surface area contributed by atoms with Crippen LogP contribution in [0.1, 0.15) is 19.8 Å². The third-order valence-electron chi connectivity index (χ3n) is 7.13. The number of pyridine rings is 1. The molecule has 6 rings (SSSR count). The highest BCUT2D eigenvalue weighted by Crippen LogP contribution is 2.45. The molecule has 0 amide bonds. The number of nitrogens with one attached hydrogen (secondary N) is 2. The number of alkyl halides is 2. The van der Waals surface area contributed by atoms with Gasteiger partial charge in [-0.2, -0.15) is 4.98 Å². The number of nitrogens with zero attached hydrogens (tertiary/aromatic N) is 4. The van der Waals surface area contributed by atoms with Crippen molar-refractivity contribution >= 4 is 34.0 Å². The molecule has 1 aliphatic carbocycles. The second-order valence-electron chi connectivity index (χ2n) is 9.93. The van der Waals surface area contributed by atoms with Crippen molar-refractivity contribution in [2.75, 3.05) is 41.8 Å². The van der Waals surface area contributed by atoms with Gasteiger partial charge in [0, 0.05) is 31.2 Å². The first-order valence-corrected chi connectivity index (χ1v) is 12.3. The minimum Gasteiger partial charge on any atom is -0.480 e. The third kappa shape index (κ3) is 4.32. The van der Waals surface area contributed by atoms with Gasteiger partial charge in [-0.1, -0.05) is 0 Å². The molecule has 0 unspecified atom stereocenters. The number of aromatic nitrogens is 3. The topological polar surface area (TPSA) is 93.5 Å². The lowest BCUT2D eigenvalue weighted by Crippen LogP contribution is -2.44. The van der Waals surface area contributed by atoms with Crippen LogP contribution in [0.25, 0.3) is 10.9 Å². The molecule has 1 saturated carbocycles. The van der Waals surface area contributed by atoms with E-state index in [0.29, 0.717) is 55.1 Å². The predicted octanol–water partition coefficient (Wildman–Crippen LogP) is 3.65. The number of benzene rings is 1. The lowest BCUT2D eigenvalue weighted by Gasteiger charge is -2.31. The third-order valence-corrected chi connectivity index (χ3v) is 7.13. The minimum absolute atomic E-state index is 0.00256. The van der Waals surface area contributed by atoms with E-state index in [4.69, 9.17) is 9.47 Å². The summed E-state index contributed by atoms with van der Waals surface area (Å²) in [6, 6.07) is 3.89. The molecule has 0 bridgehead atoms. The first-order chi connectivity index (χ1) is 17.7. The zero-order valence-corrected chi connectivity index (χ0v) is 20.4. The van der Waals surface area contributed by atoms with E-state index in [9.17, 15) is 18.0 Å². The van der Waals surface area contributed by atoms with Crippen molar-refractivity contribution in [3.63, 3.8) is 0 Å². The Bertz CT molecular complexity index is 1430. The summed E-state index contributed by atoms with van der Waals surface area (Å²) in [7, 11) is 1.56. The molecule has 0 spiro atoms. The number of anilines is 4. The zero-order chi connectivity index (χ0) is 25.9. The number of ether oxygens (including phenoxy) is 2. The fraction of sp³-hybridized carbons (Fsp3) is 0.480. The summed E-state index contributed by atoms with van der Waals surface area (Å²) in [6.07, 6.45) is 2.49. The predicted molar refractivity (Wildman–Crippen MR) is 133 cm³/mol. The summed E-state index contributed by atoms with van der Waals surface area (Å²) >= 11 is 0. The Kier molecular flexibility index (Phi) is 5.66. The molecule has 3 aliphatic rings. The Balaban J connectivity index is 1.39. The normalized spacial score (nSPS) is 23.1. The number of morpholine rings is 1. The number of fused-ring (bicyclic) bond motifs is 3. The maximum Gasteiger partial charge on any atom is 0.301 e. The van der Waals surface area contributed by atoms with E-state index in [-0.39, 0.29) is 29.3 Å². The van der Waals surface area contributed by atoms with Crippen LogP contribution in [0.3, 0.4) is 0 Å². The monoisotopic (exact) mass is 516 g/mol. The van der Waals surface area contributed by atoms with E-state index in [1.165, 1.54) is 4.57 Å². The van der Waals surface area contributed by atoms with Gasteiger partial charge < -0.3 is 29.6 Å². The van der Waals surface area contributed by atoms with Gasteiger partial charge in [-0.05, 0) is 43.9 Å². The molecular formula is C25H27F3N6O3. The van der Waals surface area contributed by atoms with Gasteiger partial charge in [0.05, 0.1) is 36.2 Å². The van der Waals surface area contributed by atoms with Crippen molar-refractivity contribution in [3.8, 4) is 5.75 Å². The smallest absolute Gasteiger partial charge is 0.301 e. The standard InChI is InChI=1S/C25H27F3N6O3/c1-13-11-34(7-8-36-13)24-29-10-17(26)22(32-24)30-15-5-6-18-16(9-15)19-20(23(35)33(18)2)37-12-25(27,28)21(31-19)14-3-4-14/h5-6,9-10,13-14,21,31H,3-4,7-8,11-12H2,1-2H3,(H,29,30,32)/t13-,21-/m0/s1. The van der Waals surface area contributed by atoms with E-state index in [1.807, 2.05) is 11.8 Å². The Hall–Kier alpha value is -3.54. The summed E-state index contributed by atoms with van der Waals surface area (Å²) in [4.78, 5) is 23.4. The summed E-state index contributed by atoms with van der Waals surface area (Å²) in [5.41, 5.74) is 0.709. The molecular weight excluding hydrogens is 489 g/mol. The van der Waals surface area contributed by atoms with Crippen molar-refractivity contribution < 1.29 is 22.6 Å². The summed E-state index contributed by atoms with van der Waals surface area (Å²) in [6.45, 7) is 2.77. The summed E-state index contributed by atoms with van der Waals surface area (Å²) < 4.78 is 56.7. The molecule has 2 N–H and O–H groups in total. The van der Waals surface area contributed by atoms with Gasteiger partial charge in [0.1, 0.15) is 0 Å². The molecule has 12 heteroatoms.